The third kappa shape index (κ3) is 1.32. The van der Waals surface area contributed by atoms with Crippen LogP contribution in [0.4, 0.5) is 0 Å². The van der Waals surface area contributed by atoms with Gasteiger partial charge >= 0.3 is 0 Å². The number of hydrogen-bond donors (Lipinski definition) is 1. The summed E-state index contributed by atoms with van der Waals surface area (Å²) in [5.74, 6) is 0. The SMILES string of the molecule is CSC1=NC(C)(C)C(=S)N1. The third-order valence-corrected chi connectivity index (χ3v) is 2.53. The summed E-state index contributed by atoms with van der Waals surface area (Å²) in [7, 11) is 0. The maximum Gasteiger partial charge on any atom is 0.162 e. The standard InChI is InChI=1S/C6H10N2S2/c1-6(2)4(9)7-5(8-6)10-3/h1-3H3,(H,7,8,9). The highest BCUT2D eigenvalue weighted by Crippen LogP contribution is 2.18. The first-order valence-electron chi connectivity index (χ1n) is 3.01. The van der Waals surface area contributed by atoms with Gasteiger partial charge in [-0.05, 0) is 20.1 Å². The molecule has 2 nitrogen and oxygen atoms in total. The number of amidine groups is 1. The van der Waals surface area contributed by atoms with E-state index < -0.39 is 0 Å². The van der Waals surface area contributed by atoms with Crippen LogP contribution >= 0.6 is 24.0 Å². The summed E-state index contributed by atoms with van der Waals surface area (Å²) < 4.78 is 0. The Bertz CT molecular complexity index is 196. The van der Waals surface area contributed by atoms with Gasteiger partial charge in [0.25, 0.3) is 0 Å². The Morgan fingerprint density at radius 1 is 1.60 bits per heavy atom. The lowest BCUT2D eigenvalue weighted by Gasteiger charge is -2.10. The first-order valence-corrected chi connectivity index (χ1v) is 4.65. The first-order chi connectivity index (χ1) is 4.56. The van der Waals surface area contributed by atoms with Crippen molar-refractivity contribution in [3.05, 3.63) is 0 Å². The van der Waals surface area contributed by atoms with E-state index in [1.54, 1.807) is 11.8 Å². The second-order valence-electron chi connectivity index (χ2n) is 2.63. The highest BCUT2D eigenvalue weighted by atomic mass is 32.2. The second-order valence-corrected chi connectivity index (χ2v) is 3.84. The van der Waals surface area contributed by atoms with Crippen LogP contribution in [0.25, 0.3) is 0 Å². The van der Waals surface area contributed by atoms with Crippen molar-refractivity contribution in [3.8, 4) is 0 Å². The molecule has 1 rings (SSSR count). The average molecular weight is 174 g/mol. The normalized spacial score (nSPS) is 22.3. The van der Waals surface area contributed by atoms with E-state index in [2.05, 4.69) is 10.3 Å². The van der Waals surface area contributed by atoms with Crippen LogP contribution in [0.3, 0.4) is 0 Å². The van der Waals surface area contributed by atoms with Gasteiger partial charge in [0.2, 0.25) is 0 Å². The van der Waals surface area contributed by atoms with Gasteiger partial charge in [-0.15, -0.1) is 0 Å². The van der Waals surface area contributed by atoms with Crippen LogP contribution in [0, 0.1) is 0 Å². The molecule has 0 aromatic heterocycles. The monoisotopic (exact) mass is 174 g/mol. The quantitative estimate of drug-likeness (QED) is 0.562. The fraction of sp³-hybridized carbons (Fsp3) is 0.667. The van der Waals surface area contributed by atoms with Gasteiger partial charge in [-0.25, -0.2) is 4.99 Å². The molecule has 0 unspecified atom stereocenters. The number of hydrogen-bond acceptors (Lipinski definition) is 3. The molecule has 0 saturated carbocycles. The summed E-state index contributed by atoms with van der Waals surface area (Å²) >= 11 is 6.65. The Hall–Kier alpha value is -0.0900. The first kappa shape index (κ1) is 8.01. The third-order valence-electron chi connectivity index (χ3n) is 1.35. The van der Waals surface area contributed by atoms with Crippen LogP contribution in [0.1, 0.15) is 13.8 Å². The van der Waals surface area contributed by atoms with E-state index in [0.717, 1.165) is 10.2 Å². The predicted molar refractivity (Wildman–Crippen MR) is 50.8 cm³/mol. The Morgan fingerprint density at radius 3 is 2.40 bits per heavy atom. The van der Waals surface area contributed by atoms with Crippen molar-refractivity contribution in [3.63, 3.8) is 0 Å². The fourth-order valence-electron chi connectivity index (χ4n) is 0.679. The minimum Gasteiger partial charge on any atom is -0.327 e. The maximum absolute atomic E-state index is 5.06. The zero-order valence-electron chi connectivity index (χ0n) is 6.26. The highest BCUT2D eigenvalue weighted by molar-refractivity contribution is 8.13. The molecule has 0 atom stereocenters. The lowest BCUT2D eigenvalue weighted by Crippen LogP contribution is -2.31. The minimum atomic E-state index is -0.187. The van der Waals surface area contributed by atoms with Gasteiger partial charge in [-0.2, -0.15) is 0 Å². The number of rotatable bonds is 0. The van der Waals surface area contributed by atoms with Crippen molar-refractivity contribution in [1.82, 2.24) is 5.32 Å². The molecule has 1 aliphatic heterocycles. The zero-order valence-corrected chi connectivity index (χ0v) is 7.90. The fourth-order valence-corrected chi connectivity index (χ4v) is 1.41. The van der Waals surface area contributed by atoms with E-state index in [0.29, 0.717) is 0 Å². The van der Waals surface area contributed by atoms with Gasteiger partial charge in [0.15, 0.2) is 5.17 Å². The van der Waals surface area contributed by atoms with Gasteiger partial charge in [-0.1, -0.05) is 24.0 Å². The Balaban J connectivity index is 2.81. The lowest BCUT2D eigenvalue weighted by molar-refractivity contribution is 0.723. The van der Waals surface area contributed by atoms with Crippen LogP contribution < -0.4 is 5.32 Å². The summed E-state index contributed by atoms with van der Waals surface area (Å²) in [5, 5.41) is 3.96. The van der Waals surface area contributed by atoms with Crippen LogP contribution in [-0.4, -0.2) is 22.0 Å². The van der Waals surface area contributed by atoms with Crippen molar-refractivity contribution >= 4 is 34.1 Å². The molecule has 0 radical (unpaired) electrons. The topological polar surface area (TPSA) is 24.4 Å². The molecule has 0 fully saturated rings. The smallest absolute Gasteiger partial charge is 0.162 e. The zero-order chi connectivity index (χ0) is 7.78. The largest absolute Gasteiger partial charge is 0.327 e. The Labute approximate surface area is 70.5 Å². The molecule has 0 aliphatic carbocycles. The molecule has 0 bridgehead atoms. The molecule has 1 N–H and O–H groups in total. The molecule has 0 saturated heterocycles. The number of nitrogens with one attached hydrogen (secondary N) is 1. The number of nitrogens with zero attached hydrogens (tertiary/aromatic N) is 1. The molecule has 0 spiro atoms. The van der Waals surface area contributed by atoms with E-state index in [1.807, 2.05) is 20.1 Å². The lowest BCUT2D eigenvalue weighted by atomic mass is 10.1. The molecule has 1 aliphatic rings. The summed E-state index contributed by atoms with van der Waals surface area (Å²) in [6, 6.07) is 0. The molecular formula is C6H10N2S2. The average Bonchev–Trinajstić information content (AvgIpc) is 2.08. The molecule has 0 aromatic rings. The molecular weight excluding hydrogens is 164 g/mol. The molecule has 0 aromatic carbocycles. The van der Waals surface area contributed by atoms with Crippen LogP contribution in [0.5, 0.6) is 0 Å². The van der Waals surface area contributed by atoms with Gasteiger partial charge in [0.05, 0.1) is 0 Å². The van der Waals surface area contributed by atoms with E-state index in [9.17, 15) is 0 Å². The number of aliphatic imine (C=N–C) groups is 1. The van der Waals surface area contributed by atoms with E-state index in [4.69, 9.17) is 12.2 Å². The van der Waals surface area contributed by atoms with Crippen molar-refractivity contribution in [1.29, 1.82) is 0 Å². The van der Waals surface area contributed by atoms with Gasteiger partial charge < -0.3 is 5.32 Å². The van der Waals surface area contributed by atoms with Crippen molar-refractivity contribution in [2.75, 3.05) is 6.26 Å². The summed E-state index contributed by atoms with van der Waals surface area (Å²) in [4.78, 5) is 5.16. The molecule has 0 amide bonds. The molecule has 4 heteroatoms. The second kappa shape index (κ2) is 2.51. The summed E-state index contributed by atoms with van der Waals surface area (Å²) in [6.07, 6.45) is 1.98. The molecule has 10 heavy (non-hydrogen) atoms. The molecule has 56 valence electrons. The highest BCUT2D eigenvalue weighted by Gasteiger charge is 2.29. The van der Waals surface area contributed by atoms with Crippen molar-refractivity contribution < 1.29 is 0 Å². The van der Waals surface area contributed by atoms with Crippen molar-refractivity contribution in [2.24, 2.45) is 4.99 Å². The summed E-state index contributed by atoms with van der Waals surface area (Å²) in [5.41, 5.74) is -0.187. The molecule has 1 heterocycles. The summed E-state index contributed by atoms with van der Waals surface area (Å²) in [6.45, 7) is 4.01. The maximum atomic E-state index is 5.06. The van der Waals surface area contributed by atoms with Crippen molar-refractivity contribution in [2.45, 2.75) is 19.4 Å². The number of thiocarbonyl (C=S) groups is 1. The van der Waals surface area contributed by atoms with Crippen LogP contribution in [0.2, 0.25) is 0 Å². The Morgan fingerprint density at radius 2 is 2.20 bits per heavy atom. The van der Waals surface area contributed by atoms with E-state index in [-0.39, 0.29) is 5.54 Å². The predicted octanol–water partition coefficient (Wildman–Crippen LogP) is 1.41. The van der Waals surface area contributed by atoms with E-state index in [1.165, 1.54) is 0 Å². The van der Waals surface area contributed by atoms with Crippen LogP contribution in [-0.2, 0) is 0 Å². The van der Waals surface area contributed by atoms with Gasteiger partial charge in [-0.3, -0.25) is 0 Å². The number of thioether (sulfide) groups is 1. The van der Waals surface area contributed by atoms with Gasteiger partial charge in [0, 0.05) is 0 Å². The van der Waals surface area contributed by atoms with Gasteiger partial charge in [0.1, 0.15) is 10.5 Å². The minimum absolute atomic E-state index is 0.187. The van der Waals surface area contributed by atoms with E-state index >= 15 is 0 Å². The van der Waals surface area contributed by atoms with Crippen LogP contribution in [0.15, 0.2) is 4.99 Å². The Kier molecular flexibility index (Phi) is 2.01.